The minimum absolute atomic E-state index is 0.596. The van der Waals surface area contributed by atoms with Crippen LogP contribution in [0, 0.1) is 18.8 Å². The number of hydrogen-bond acceptors (Lipinski definition) is 3. The van der Waals surface area contributed by atoms with Crippen LogP contribution in [-0.2, 0) is 0 Å². The summed E-state index contributed by atoms with van der Waals surface area (Å²) in [5, 5.41) is 1.70. The number of benzene rings is 2. The second-order valence-corrected chi connectivity index (χ2v) is 6.31. The summed E-state index contributed by atoms with van der Waals surface area (Å²) in [5.41, 5.74) is 4.23. The summed E-state index contributed by atoms with van der Waals surface area (Å²) in [4.78, 5) is 13.7. The standard InChI is InChI=1S/C22H14ClN3/c1-15-6-12-21(22-24-14-17-4-2-3-5-20(17)26-22)25-19(15)13-9-16-7-10-18(23)11-8-16/h2-8,10-12,14H,1H3. The summed E-state index contributed by atoms with van der Waals surface area (Å²) < 4.78 is 0. The lowest BCUT2D eigenvalue weighted by Crippen LogP contribution is -1.96. The van der Waals surface area contributed by atoms with Gasteiger partial charge in [-0.2, -0.15) is 0 Å². The van der Waals surface area contributed by atoms with Crippen molar-refractivity contribution in [1.29, 1.82) is 0 Å². The van der Waals surface area contributed by atoms with Crippen molar-refractivity contribution in [2.24, 2.45) is 0 Å². The fraction of sp³-hybridized carbons (Fsp3) is 0.0455. The molecule has 4 rings (SSSR count). The molecule has 0 amide bonds. The topological polar surface area (TPSA) is 38.7 Å². The third kappa shape index (κ3) is 3.42. The van der Waals surface area contributed by atoms with Crippen molar-refractivity contribution in [3.63, 3.8) is 0 Å². The largest absolute Gasteiger partial charge is 0.236 e. The van der Waals surface area contributed by atoms with E-state index in [1.54, 1.807) is 0 Å². The Kier molecular flexibility index (Phi) is 4.35. The average Bonchev–Trinajstić information content (AvgIpc) is 2.68. The van der Waals surface area contributed by atoms with E-state index < -0.39 is 0 Å². The number of halogens is 1. The van der Waals surface area contributed by atoms with Crippen LogP contribution < -0.4 is 0 Å². The van der Waals surface area contributed by atoms with Gasteiger partial charge in [0.2, 0.25) is 0 Å². The Labute approximate surface area is 156 Å². The zero-order valence-corrected chi connectivity index (χ0v) is 14.8. The highest BCUT2D eigenvalue weighted by Gasteiger charge is 2.07. The van der Waals surface area contributed by atoms with Gasteiger partial charge in [0.25, 0.3) is 0 Å². The first-order chi connectivity index (χ1) is 12.7. The normalized spacial score (nSPS) is 10.4. The van der Waals surface area contributed by atoms with Gasteiger partial charge in [-0.25, -0.2) is 15.0 Å². The fourth-order valence-corrected chi connectivity index (χ4v) is 2.67. The van der Waals surface area contributed by atoms with E-state index in [9.17, 15) is 0 Å². The molecule has 0 spiro atoms. The lowest BCUT2D eigenvalue weighted by molar-refractivity contribution is 1.15. The predicted octanol–water partition coefficient (Wildman–Crippen LogP) is 5.05. The van der Waals surface area contributed by atoms with E-state index in [2.05, 4.69) is 26.8 Å². The molecule has 0 aliphatic rings. The molecule has 2 aromatic carbocycles. The summed E-state index contributed by atoms with van der Waals surface area (Å²) in [6.07, 6.45) is 1.82. The Morgan fingerprint density at radius 2 is 1.65 bits per heavy atom. The molecule has 0 unspecified atom stereocenters. The fourth-order valence-electron chi connectivity index (χ4n) is 2.54. The van der Waals surface area contributed by atoms with Crippen molar-refractivity contribution >= 4 is 22.5 Å². The van der Waals surface area contributed by atoms with Crippen LogP contribution in [0.5, 0.6) is 0 Å². The van der Waals surface area contributed by atoms with Crippen LogP contribution in [-0.4, -0.2) is 15.0 Å². The Bertz CT molecular complexity index is 1160. The van der Waals surface area contributed by atoms with Crippen molar-refractivity contribution in [2.75, 3.05) is 0 Å². The molecule has 0 radical (unpaired) electrons. The summed E-state index contributed by atoms with van der Waals surface area (Å²) in [6, 6.07) is 19.2. The number of nitrogens with zero attached hydrogens (tertiary/aromatic N) is 3. The number of aryl methyl sites for hydroxylation is 1. The van der Waals surface area contributed by atoms with E-state index in [0.717, 1.165) is 22.0 Å². The Balaban J connectivity index is 1.72. The second kappa shape index (κ2) is 6.95. The van der Waals surface area contributed by atoms with Crippen molar-refractivity contribution in [3.8, 4) is 23.4 Å². The van der Waals surface area contributed by atoms with Crippen LogP contribution >= 0.6 is 11.6 Å². The molecule has 0 aliphatic carbocycles. The highest BCUT2D eigenvalue weighted by molar-refractivity contribution is 6.30. The summed E-state index contributed by atoms with van der Waals surface area (Å²) in [6.45, 7) is 1.99. The van der Waals surface area contributed by atoms with Crippen LogP contribution in [0.2, 0.25) is 5.02 Å². The van der Waals surface area contributed by atoms with Gasteiger partial charge in [-0.1, -0.05) is 41.8 Å². The molecule has 0 saturated heterocycles. The number of pyridine rings is 1. The summed E-state index contributed by atoms with van der Waals surface area (Å²) in [7, 11) is 0. The molecular formula is C22H14ClN3. The first-order valence-electron chi connectivity index (χ1n) is 8.16. The smallest absolute Gasteiger partial charge is 0.178 e. The molecule has 3 nitrogen and oxygen atoms in total. The zero-order valence-electron chi connectivity index (χ0n) is 14.1. The zero-order chi connectivity index (χ0) is 17.9. The maximum atomic E-state index is 5.91. The summed E-state index contributed by atoms with van der Waals surface area (Å²) in [5.74, 6) is 6.86. The van der Waals surface area contributed by atoms with E-state index in [0.29, 0.717) is 22.2 Å². The third-order valence-electron chi connectivity index (χ3n) is 3.98. The SMILES string of the molecule is Cc1ccc(-c2ncc3ccccc3n2)nc1C#Cc1ccc(Cl)cc1. The van der Waals surface area contributed by atoms with Crippen LogP contribution in [0.4, 0.5) is 0 Å². The first kappa shape index (κ1) is 16.3. The van der Waals surface area contributed by atoms with Crippen molar-refractivity contribution in [1.82, 2.24) is 15.0 Å². The van der Waals surface area contributed by atoms with Gasteiger partial charge in [0.05, 0.1) is 5.52 Å². The minimum Gasteiger partial charge on any atom is -0.236 e. The van der Waals surface area contributed by atoms with Crippen LogP contribution in [0.1, 0.15) is 16.8 Å². The van der Waals surface area contributed by atoms with E-state index in [1.165, 1.54) is 0 Å². The molecule has 0 atom stereocenters. The van der Waals surface area contributed by atoms with Gasteiger partial charge in [-0.05, 0) is 54.8 Å². The first-order valence-corrected chi connectivity index (χ1v) is 8.54. The highest BCUT2D eigenvalue weighted by Crippen LogP contribution is 2.18. The number of hydrogen-bond donors (Lipinski definition) is 0. The monoisotopic (exact) mass is 355 g/mol. The Morgan fingerprint density at radius 1 is 0.846 bits per heavy atom. The van der Waals surface area contributed by atoms with Gasteiger partial charge in [0.15, 0.2) is 5.82 Å². The molecule has 2 heterocycles. The van der Waals surface area contributed by atoms with Crippen molar-refractivity contribution < 1.29 is 0 Å². The number of para-hydroxylation sites is 1. The van der Waals surface area contributed by atoms with Crippen LogP contribution in [0.25, 0.3) is 22.4 Å². The number of aromatic nitrogens is 3. The molecule has 26 heavy (non-hydrogen) atoms. The molecule has 4 aromatic rings. The molecule has 0 N–H and O–H groups in total. The maximum absolute atomic E-state index is 5.91. The highest BCUT2D eigenvalue weighted by atomic mass is 35.5. The van der Waals surface area contributed by atoms with E-state index in [-0.39, 0.29) is 0 Å². The van der Waals surface area contributed by atoms with E-state index >= 15 is 0 Å². The number of rotatable bonds is 1. The minimum atomic E-state index is 0.596. The van der Waals surface area contributed by atoms with Crippen LogP contribution in [0.3, 0.4) is 0 Å². The molecule has 0 aliphatic heterocycles. The molecule has 2 aromatic heterocycles. The summed E-state index contributed by atoms with van der Waals surface area (Å²) >= 11 is 5.91. The second-order valence-electron chi connectivity index (χ2n) is 5.87. The van der Waals surface area contributed by atoms with Gasteiger partial charge < -0.3 is 0 Å². The molecular weight excluding hydrogens is 342 g/mol. The molecule has 0 saturated carbocycles. The molecule has 0 fully saturated rings. The quantitative estimate of drug-likeness (QED) is 0.448. The van der Waals surface area contributed by atoms with E-state index in [4.69, 9.17) is 11.6 Å². The average molecular weight is 356 g/mol. The van der Waals surface area contributed by atoms with Gasteiger partial charge >= 0.3 is 0 Å². The van der Waals surface area contributed by atoms with Crippen molar-refractivity contribution in [3.05, 3.63) is 88.7 Å². The maximum Gasteiger partial charge on any atom is 0.178 e. The lowest BCUT2D eigenvalue weighted by Gasteiger charge is -2.04. The Morgan fingerprint density at radius 3 is 2.50 bits per heavy atom. The van der Waals surface area contributed by atoms with Gasteiger partial charge in [-0.15, -0.1) is 0 Å². The molecule has 4 heteroatoms. The molecule has 124 valence electrons. The number of fused-ring (bicyclic) bond motifs is 1. The Hall–Kier alpha value is -3.22. The molecule has 0 bridgehead atoms. The third-order valence-corrected chi connectivity index (χ3v) is 4.24. The predicted molar refractivity (Wildman–Crippen MR) is 105 cm³/mol. The lowest BCUT2D eigenvalue weighted by atomic mass is 10.1. The van der Waals surface area contributed by atoms with Gasteiger partial charge in [0.1, 0.15) is 11.4 Å². The van der Waals surface area contributed by atoms with Gasteiger partial charge in [-0.3, -0.25) is 0 Å². The van der Waals surface area contributed by atoms with Gasteiger partial charge in [0, 0.05) is 22.2 Å². The van der Waals surface area contributed by atoms with E-state index in [1.807, 2.05) is 73.8 Å². The van der Waals surface area contributed by atoms with Crippen LogP contribution in [0.15, 0.2) is 66.9 Å². The van der Waals surface area contributed by atoms with Crippen molar-refractivity contribution in [2.45, 2.75) is 6.92 Å².